The van der Waals surface area contributed by atoms with E-state index in [0.717, 1.165) is 15.8 Å². The highest BCUT2D eigenvalue weighted by molar-refractivity contribution is 9.10. The Hall–Kier alpha value is -1.23. The molecule has 0 aliphatic carbocycles. The first kappa shape index (κ1) is 16.1. The zero-order chi connectivity index (χ0) is 15.4. The van der Waals surface area contributed by atoms with Gasteiger partial charge in [0, 0.05) is 16.6 Å². The Labute approximate surface area is 138 Å². The highest BCUT2D eigenvalue weighted by Crippen LogP contribution is 2.36. The van der Waals surface area contributed by atoms with Crippen molar-refractivity contribution in [2.24, 2.45) is 5.73 Å². The van der Waals surface area contributed by atoms with Gasteiger partial charge in [-0.25, -0.2) is 0 Å². The molecule has 0 saturated heterocycles. The van der Waals surface area contributed by atoms with Crippen LogP contribution in [0.3, 0.4) is 0 Å². The fourth-order valence-electron chi connectivity index (χ4n) is 1.96. The molecular weight excluding hydrogens is 354 g/mol. The molecule has 5 heteroatoms. The average molecular weight is 371 g/mol. The minimum atomic E-state index is 0.00607. The largest absolute Gasteiger partial charge is 0.497 e. The van der Waals surface area contributed by atoms with Crippen molar-refractivity contribution in [3.05, 3.63) is 51.5 Å². The summed E-state index contributed by atoms with van der Waals surface area (Å²) in [5, 5.41) is 0.662. The van der Waals surface area contributed by atoms with E-state index in [4.69, 9.17) is 26.8 Å². The summed E-state index contributed by atoms with van der Waals surface area (Å²) in [5.41, 5.74) is 6.80. The Morgan fingerprint density at radius 1 is 1.24 bits per heavy atom. The molecule has 0 aliphatic rings. The standard InChI is InChI=1S/C16H17BrClNO2/c1-10(19)8-12-14(18)4-3-5-15(12)21-16-7-6-11(20-2)9-13(16)17/h3-7,9-10H,8,19H2,1-2H3. The van der Waals surface area contributed by atoms with E-state index in [0.29, 0.717) is 22.9 Å². The summed E-state index contributed by atoms with van der Waals surface area (Å²) in [6, 6.07) is 11.1. The van der Waals surface area contributed by atoms with Gasteiger partial charge in [0.1, 0.15) is 17.2 Å². The molecule has 0 amide bonds. The predicted molar refractivity (Wildman–Crippen MR) is 89.6 cm³/mol. The number of benzene rings is 2. The van der Waals surface area contributed by atoms with E-state index in [1.165, 1.54) is 0 Å². The zero-order valence-corrected chi connectivity index (χ0v) is 14.2. The summed E-state index contributed by atoms with van der Waals surface area (Å²) in [5.74, 6) is 2.17. The van der Waals surface area contributed by atoms with Crippen LogP contribution in [0.4, 0.5) is 0 Å². The van der Waals surface area contributed by atoms with Crippen LogP contribution in [0, 0.1) is 0 Å². The molecule has 0 bridgehead atoms. The van der Waals surface area contributed by atoms with Gasteiger partial charge in [-0.1, -0.05) is 17.7 Å². The lowest BCUT2D eigenvalue weighted by Gasteiger charge is -2.15. The van der Waals surface area contributed by atoms with Crippen molar-refractivity contribution in [2.45, 2.75) is 19.4 Å². The number of ether oxygens (including phenoxy) is 2. The molecule has 21 heavy (non-hydrogen) atoms. The molecule has 0 spiro atoms. The molecule has 2 rings (SSSR count). The maximum absolute atomic E-state index is 6.26. The Morgan fingerprint density at radius 3 is 2.62 bits per heavy atom. The molecule has 0 heterocycles. The van der Waals surface area contributed by atoms with Crippen molar-refractivity contribution in [1.29, 1.82) is 0 Å². The second-order valence-electron chi connectivity index (χ2n) is 4.80. The molecule has 0 saturated carbocycles. The molecule has 1 unspecified atom stereocenters. The summed E-state index contributed by atoms with van der Waals surface area (Å²) < 4.78 is 12.0. The summed E-state index contributed by atoms with van der Waals surface area (Å²) in [6.07, 6.45) is 0.656. The fourth-order valence-corrected chi connectivity index (χ4v) is 2.65. The Bertz CT molecular complexity index is 632. The van der Waals surface area contributed by atoms with E-state index in [2.05, 4.69) is 15.9 Å². The Balaban J connectivity index is 2.33. The van der Waals surface area contributed by atoms with Crippen LogP contribution < -0.4 is 15.2 Å². The monoisotopic (exact) mass is 369 g/mol. The van der Waals surface area contributed by atoms with Crippen LogP contribution in [0.5, 0.6) is 17.2 Å². The molecule has 0 aromatic heterocycles. The molecule has 2 aromatic rings. The van der Waals surface area contributed by atoms with Gasteiger partial charge in [-0.05, 0) is 59.6 Å². The van der Waals surface area contributed by atoms with Gasteiger partial charge >= 0.3 is 0 Å². The third kappa shape index (κ3) is 4.13. The quantitative estimate of drug-likeness (QED) is 0.822. The summed E-state index contributed by atoms with van der Waals surface area (Å²) in [4.78, 5) is 0. The first-order chi connectivity index (χ1) is 10.0. The van der Waals surface area contributed by atoms with Crippen LogP contribution in [0.25, 0.3) is 0 Å². The number of halogens is 2. The normalized spacial score (nSPS) is 12.0. The average Bonchev–Trinajstić information content (AvgIpc) is 2.44. The second kappa shape index (κ2) is 7.16. The topological polar surface area (TPSA) is 44.5 Å². The molecule has 3 nitrogen and oxygen atoms in total. The molecule has 2 N–H and O–H groups in total. The molecule has 0 fully saturated rings. The van der Waals surface area contributed by atoms with E-state index < -0.39 is 0 Å². The fraction of sp³-hybridized carbons (Fsp3) is 0.250. The van der Waals surface area contributed by atoms with Gasteiger partial charge in [0.25, 0.3) is 0 Å². The number of hydrogen-bond acceptors (Lipinski definition) is 3. The number of rotatable bonds is 5. The molecule has 2 aromatic carbocycles. The van der Waals surface area contributed by atoms with E-state index >= 15 is 0 Å². The highest BCUT2D eigenvalue weighted by atomic mass is 79.9. The van der Waals surface area contributed by atoms with E-state index in [1.54, 1.807) is 7.11 Å². The minimum absolute atomic E-state index is 0.00607. The lowest BCUT2D eigenvalue weighted by Crippen LogP contribution is -2.18. The van der Waals surface area contributed by atoms with Crippen molar-refractivity contribution < 1.29 is 9.47 Å². The van der Waals surface area contributed by atoms with E-state index in [9.17, 15) is 0 Å². The van der Waals surface area contributed by atoms with Gasteiger partial charge in [0.15, 0.2) is 0 Å². The summed E-state index contributed by atoms with van der Waals surface area (Å²) >= 11 is 9.74. The first-order valence-corrected chi connectivity index (χ1v) is 7.72. The molecule has 0 aliphatic heterocycles. The molecular formula is C16H17BrClNO2. The van der Waals surface area contributed by atoms with Crippen LogP contribution in [-0.4, -0.2) is 13.2 Å². The van der Waals surface area contributed by atoms with Crippen molar-refractivity contribution >= 4 is 27.5 Å². The van der Waals surface area contributed by atoms with Crippen LogP contribution in [-0.2, 0) is 6.42 Å². The van der Waals surface area contributed by atoms with Gasteiger partial charge < -0.3 is 15.2 Å². The highest BCUT2D eigenvalue weighted by Gasteiger charge is 2.12. The van der Waals surface area contributed by atoms with Crippen LogP contribution in [0.15, 0.2) is 40.9 Å². The summed E-state index contributed by atoms with van der Waals surface area (Å²) in [7, 11) is 1.63. The second-order valence-corrected chi connectivity index (χ2v) is 6.06. The van der Waals surface area contributed by atoms with Crippen molar-refractivity contribution in [2.75, 3.05) is 7.11 Å². The minimum Gasteiger partial charge on any atom is -0.497 e. The number of methoxy groups -OCH3 is 1. The molecule has 112 valence electrons. The first-order valence-electron chi connectivity index (χ1n) is 6.55. The van der Waals surface area contributed by atoms with Crippen molar-refractivity contribution in [3.8, 4) is 17.2 Å². The van der Waals surface area contributed by atoms with E-state index in [1.807, 2.05) is 43.3 Å². The third-order valence-electron chi connectivity index (χ3n) is 2.96. The van der Waals surface area contributed by atoms with E-state index in [-0.39, 0.29) is 6.04 Å². The molecule has 0 radical (unpaired) electrons. The smallest absolute Gasteiger partial charge is 0.141 e. The Kier molecular flexibility index (Phi) is 5.51. The van der Waals surface area contributed by atoms with Gasteiger partial charge in [0.2, 0.25) is 0 Å². The lowest BCUT2D eigenvalue weighted by atomic mass is 10.1. The number of hydrogen-bond donors (Lipinski definition) is 1. The number of nitrogens with two attached hydrogens (primary N) is 1. The van der Waals surface area contributed by atoms with Crippen molar-refractivity contribution in [1.82, 2.24) is 0 Å². The van der Waals surface area contributed by atoms with Gasteiger partial charge in [0.05, 0.1) is 11.6 Å². The Morgan fingerprint density at radius 2 is 2.00 bits per heavy atom. The van der Waals surface area contributed by atoms with Gasteiger partial charge in [-0.3, -0.25) is 0 Å². The zero-order valence-electron chi connectivity index (χ0n) is 11.9. The lowest BCUT2D eigenvalue weighted by molar-refractivity contribution is 0.412. The maximum atomic E-state index is 6.26. The van der Waals surface area contributed by atoms with Crippen LogP contribution in [0.2, 0.25) is 5.02 Å². The third-order valence-corrected chi connectivity index (χ3v) is 3.93. The van der Waals surface area contributed by atoms with Crippen molar-refractivity contribution in [3.63, 3.8) is 0 Å². The van der Waals surface area contributed by atoms with Gasteiger partial charge in [-0.15, -0.1) is 0 Å². The SMILES string of the molecule is COc1ccc(Oc2cccc(Cl)c2CC(C)N)c(Br)c1. The van der Waals surface area contributed by atoms with Gasteiger partial charge in [-0.2, -0.15) is 0 Å². The maximum Gasteiger partial charge on any atom is 0.141 e. The van der Waals surface area contributed by atoms with Crippen LogP contribution >= 0.6 is 27.5 Å². The predicted octanol–water partition coefficient (Wildman–Crippen LogP) is 4.79. The molecule has 1 atom stereocenters. The van der Waals surface area contributed by atoms with Crippen LogP contribution in [0.1, 0.15) is 12.5 Å². The summed E-state index contributed by atoms with van der Waals surface area (Å²) in [6.45, 7) is 1.94.